The van der Waals surface area contributed by atoms with E-state index >= 15 is 0 Å². The maximum Gasteiger partial charge on any atom is 3.00 e. The van der Waals surface area contributed by atoms with E-state index in [0.29, 0.717) is 0 Å². The van der Waals surface area contributed by atoms with Crippen LogP contribution in [0.3, 0.4) is 0 Å². The Morgan fingerprint density at radius 3 is 0.750 bits per heavy atom. The zero-order valence-corrected chi connectivity index (χ0v) is 5.46. The topological polar surface area (TPSA) is 57.0 Å². The summed E-state index contributed by atoms with van der Waals surface area (Å²) in [6.07, 6.45) is 0. The van der Waals surface area contributed by atoms with E-state index in [1.54, 1.807) is 0 Å². The summed E-state index contributed by atoms with van der Waals surface area (Å²) >= 11 is 0. The van der Waals surface area contributed by atoms with Crippen LogP contribution >= 0.6 is 0 Å². The van der Waals surface area contributed by atoms with Crippen LogP contribution in [-0.2, 0) is 11.0 Å². The summed E-state index contributed by atoms with van der Waals surface area (Å²) in [6, 6.07) is 0. The van der Waals surface area contributed by atoms with E-state index in [-0.39, 0.29) is 71.6 Å². The molecule has 0 bridgehead atoms. The minimum Gasteiger partial charge on any atom is -2.00 e. The first-order valence-corrected chi connectivity index (χ1v) is 0. The molecule has 4 heteroatoms. The molecule has 17 valence electrons. The number of hydrogen-bond acceptors (Lipinski definition) is 0. The van der Waals surface area contributed by atoms with Crippen LogP contribution in [0.15, 0.2) is 0 Å². The summed E-state index contributed by atoms with van der Waals surface area (Å²) in [4.78, 5) is 0. The average molecular weight is 179 g/mol. The van der Waals surface area contributed by atoms with Crippen LogP contribution < -0.4 is 18.9 Å². The predicted molar refractivity (Wildman–Crippen MR) is 1.37 cm³/mol. The Kier molecular flexibility index (Phi) is 204. The molecule has 0 aliphatic carbocycles. The minimum absolute atomic E-state index is 0. The summed E-state index contributed by atoms with van der Waals surface area (Å²) in [6.45, 7) is 0. The van der Waals surface area contributed by atoms with Crippen molar-refractivity contribution in [3.63, 3.8) is 0 Å². The van der Waals surface area contributed by atoms with E-state index in [1.807, 2.05) is 0 Å². The second-order valence-corrected chi connectivity index (χ2v) is 0. The average Bonchev–Trinajstić information content (AvgIpc) is 0. The van der Waals surface area contributed by atoms with Gasteiger partial charge in [-0.2, -0.15) is 0 Å². The molecule has 0 aromatic carbocycles. The molecule has 0 amide bonds. The van der Waals surface area contributed by atoms with Gasteiger partial charge >= 0.3 is 60.6 Å². The van der Waals surface area contributed by atoms with Gasteiger partial charge in [0.25, 0.3) is 0 Å². The summed E-state index contributed by atoms with van der Waals surface area (Å²) < 4.78 is 0. The fraction of sp³-hybridized carbons (Fsp3) is 0. The molecule has 0 unspecified atom stereocenters. The van der Waals surface area contributed by atoms with Crippen LogP contribution in [0.5, 0.6) is 0 Å². The Hall–Kier alpha value is 1.89. The largest absolute Gasteiger partial charge is 3.00 e. The summed E-state index contributed by atoms with van der Waals surface area (Å²) in [5.41, 5.74) is 0. The molecule has 0 fully saturated rings. The molecule has 0 saturated carbocycles. The van der Waals surface area contributed by atoms with Gasteiger partial charge in [0, 0.05) is 0 Å². The fourth-order valence-electron chi connectivity index (χ4n) is 0. The molecule has 0 heterocycles. The van der Waals surface area contributed by atoms with Gasteiger partial charge < -0.3 is 11.0 Å². The number of rotatable bonds is 0. The van der Waals surface area contributed by atoms with Crippen molar-refractivity contribution >= 4 is 0 Å². The summed E-state index contributed by atoms with van der Waals surface area (Å²) in [5.74, 6) is 0. The SMILES string of the molecule is [Ce+3].[Li+].[O-2].[O-2]. The molecule has 0 aliphatic rings. The van der Waals surface area contributed by atoms with E-state index in [1.165, 1.54) is 0 Å². The normalized spacial score (nSPS) is 0. The third-order valence-corrected chi connectivity index (χ3v) is 0. The van der Waals surface area contributed by atoms with E-state index < -0.39 is 0 Å². The van der Waals surface area contributed by atoms with Gasteiger partial charge in [0.2, 0.25) is 0 Å². The second-order valence-electron chi connectivity index (χ2n) is 0. The summed E-state index contributed by atoms with van der Waals surface area (Å²) in [5, 5.41) is 0. The monoisotopic (exact) mass is 179 g/mol. The van der Waals surface area contributed by atoms with Gasteiger partial charge in [-0.3, -0.25) is 0 Å². The Morgan fingerprint density at radius 2 is 0.750 bits per heavy atom. The zero-order chi connectivity index (χ0) is 0. The van der Waals surface area contributed by atoms with E-state index in [0.717, 1.165) is 0 Å². The fourth-order valence-corrected chi connectivity index (χ4v) is 0. The van der Waals surface area contributed by atoms with Gasteiger partial charge in [-0.25, -0.2) is 0 Å². The Labute approximate surface area is 70.5 Å². The van der Waals surface area contributed by atoms with Crippen molar-refractivity contribution in [2.75, 3.05) is 0 Å². The number of hydrogen-bond donors (Lipinski definition) is 0. The predicted octanol–water partition coefficient (Wildman–Crippen LogP) is -3.23. The second kappa shape index (κ2) is 20.7. The van der Waals surface area contributed by atoms with Crippen molar-refractivity contribution in [1.82, 2.24) is 0 Å². The third-order valence-electron chi connectivity index (χ3n) is 0. The first-order chi connectivity index (χ1) is 0. The zero-order valence-electron chi connectivity index (χ0n) is 2.32. The first-order valence-electron chi connectivity index (χ1n) is 0. The molecule has 0 aromatic rings. The van der Waals surface area contributed by atoms with Gasteiger partial charge in [0.1, 0.15) is 0 Å². The Bertz CT molecular complexity index is 6.00. The molecule has 0 aliphatic heterocycles. The van der Waals surface area contributed by atoms with Crippen LogP contribution in [0.1, 0.15) is 0 Å². The molecule has 1 radical (unpaired) electrons. The van der Waals surface area contributed by atoms with E-state index in [4.69, 9.17) is 0 Å². The van der Waals surface area contributed by atoms with Gasteiger partial charge in [-0.05, 0) is 0 Å². The molecule has 0 atom stereocenters. The van der Waals surface area contributed by atoms with Crippen LogP contribution in [-0.4, -0.2) is 0 Å². The van der Waals surface area contributed by atoms with Gasteiger partial charge in [-0.15, -0.1) is 0 Å². The van der Waals surface area contributed by atoms with Gasteiger partial charge in [0.15, 0.2) is 0 Å². The molecule has 2 nitrogen and oxygen atoms in total. The third kappa shape index (κ3) is 9.09. The molecule has 0 aromatic heterocycles. The van der Waals surface area contributed by atoms with Crippen molar-refractivity contribution in [2.24, 2.45) is 0 Å². The summed E-state index contributed by atoms with van der Waals surface area (Å²) in [7, 11) is 0. The maximum atomic E-state index is 0. The van der Waals surface area contributed by atoms with Crippen molar-refractivity contribution in [3.05, 3.63) is 0 Å². The molecule has 0 N–H and O–H groups in total. The van der Waals surface area contributed by atoms with Gasteiger partial charge in [-0.1, -0.05) is 0 Å². The molecule has 0 saturated heterocycles. The van der Waals surface area contributed by atoms with Crippen LogP contribution in [0.4, 0.5) is 0 Å². The van der Waals surface area contributed by atoms with Crippen molar-refractivity contribution in [2.45, 2.75) is 0 Å². The minimum atomic E-state index is 0. The molecule has 0 spiro atoms. The van der Waals surface area contributed by atoms with E-state index in [9.17, 15) is 0 Å². The smallest absolute Gasteiger partial charge is 2.00 e. The van der Waals surface area contributed by atoms with Crippen molar-refractivity contribution < 1.29 is 71.6 Å². The van der Waals surface area contributed by atoms with E-state index in [2.05, 4.69) is 0 Å². The standard InChI is InChI=1S/Ce.Li.2O/q+3;+1;2*-2. The first kappa shape index (κ1) is 39.4. The van der Waals surface area contributed by atoms with Crippen molar-refractivity contribution in [3.8, 4) is 0 Å². The molecule has 0 rings (SSSR count). The van der Waals surface area contributed by atoms with Crippen molar-refractivity contribution in [1.29, 1.82) is 0 Å². The van der Waals surface area contributed by atoms with Crippen LogP contribution in [0, 0.1) is 41.7 Å². The molecular formula is CeLiO2. The maximum absolute atomic E-state index is 0. The Morgan fingerprint density at radius 1 is 0.750 bits per heavy atom. The quantitative estimate of drug-likeness (QED) is 0.351. The van der Waals surface area contributed by atoms with Gasteiger partial charge in [0.05, 0.1) is 0 Å². The Balaban J connectivity index is 0. The van der Waals surface area contributed by atoms with Crippen LogP contribution in [0.2, 0.25) is 0 Å². The molecular weight excluding hydrogens is 179 g/mol. The molecule has 4 heavy (non-hydrogen) atoms. The van der Waals surface area contributed by atoms with Crippen LogP contribution in [0.25, 0.3) is 0 Å².